The number of nitrogens with one attached hydrogen (secondary N) is 1. The van der Waals surface area contributed by atoms with Gasteiger partial charge in [0.1, 0.15) is 17.5 Å². The van der Waals surface area contributed by atoms with Crippen LogP contribution in [0.5, 0.6) is 0 Å². The van der Waals surface area contributed by atoms with Crippen molar-refractivity contribution < 1.29 is 5.11 Å². The molecule has 0 bridgehead atoms. The van der Waals surface area contributed by atoms with Crippen LogP contribution in [0, 0.1) is 18.3 Å². The highest BCUT2D eigenvalue weighted by Gasteiger charge is 2.21. The van der Waals surface area contributed by atoms with Gasteiger partial charge >= 0.3 is 0 Å². The first-order valence-corrected chi connectivity index (χ1v) is 5.24. The number of aliphatic hydroxyl groups excluding tert-OH is 1. The maximum absolute atomic E-state index is 9.05. The number of hydrogen-bond acceptors (Lipinski definition) is 4. The van der Waals surface area contributed by atoms with Gasteiger partial charge in [0.05, 0.1) is 5.69 Å². The summed E-state index contributed by atoms with van der Waals surface area (Å²) in [4.78, 5) is 0. The summed E-state index contributed by atoms with van der Waals surface area (Å²) < 4.78 is 1.66. The number of anilines is 1. The molecule has 0 atom stereocenters. The zero-order valence-electron chi connectivity index (χ0n) is 10.2. The van der Waals surface area contributed by atoms with Gasteiger partial charge in [0.2, 0.25) is 0 Å². The smallest absolute Gasteiger partial charge is 0.142 e. The Bertz CT molecular complexity index is 414. The normalized spacial score (nSPS) is 11.2. The van der Waals surface area contributed by atoms with Crippen LogP contribution in [0.1, 0.15) is 31.5 Å². The quantitative estimate of drug-likeness (QED) is 0.802. The Balaban J connectivity index is 3.02. The van der Waals surface area contributed by atoms with Gasteiger partial charge in [-0.3, -0.25) is 4.68 Å². The van der Waals surface area contributed by atoms with Crippen LogP contribution in [-0.4, -0.2) is 27.0 Å². The Morgan fingerprint density at radius 1 is 1.56 bits per heavy atom. The molecule has 5 heteroatoms. The lowest BCUT2D eigenvalue weighted by atomic mass is 10.0. The summed E-state index contributed by atoms with van der Waals surface area (Å²) in [7, 11) is 1.80. The highest BCUT2D eigenvalue weighted by Crippen LogP contribution is 2.23. The van der Waals surface area contributed by atoms with Crippen molar-refractivity contribution in [3.63, 3.8) is 0 Å². The monoisotopic (exact) mass is 222 g/mol. The lowest BCUT2D eigenvalue weighted by Gasteiger charge is -2.26. The summed E-state index contributed by atoms with van der Waals surface area (Å²) in [6.07, 6.45) is 0.613. The topological polar surface area (TPSA) is 73.9 Å². The Kier molecular flexibility index (Phi) is 3.55. The summed E-state index contributed by atoms with van der Waals surface area (Å²) in [5.41, 5.74) is 1.02. The number of aryl methyl sites for hydroxylation is 2. The van der Waals surface area contributed by atoms with Gasteiger partial charge in [-0.1, -0.05) is 0 Å². The molecule has 0 unspecified atom stereocenters. The van der Waals surface area contributed by atoms with Gasteiger partial charge in [-0.15, -0.1) is 0 Å². The van der Waals surface area contributed by atoms with Crippen molar-refractivity contribution in [1.29, 1.82) is 5.26 Å². The molecule has 0 saturated heterocycles. The van der Waals surface area contributed by atoms with Crippen LogP contribution in [0.15, 0.2) is 0 Å². The highest BCUT2D eigenvalue weighted by molar-refractivity contribution is 5.56. The molecule has 0 radical (unpaired) electrons. The average molecular weight is 222 g/mol. The first-order valence-electron chi connectivity index (χ1n) is 5.24. The second-order valence-corrected chi connectivity index (χ2v) is 4.53. The molecule has 2 N–H and O–H groups in total. The Morgan fingerprint density at radius 3 is 2.69 bits per heavy atom. The largest absolute Gasteiger partial charge is 0.396 e. The van der Waals surface area contributed by atoms with E-state index in [2.05, 4.69) is 16.5 Å². The molecule has 0 aliphatic carbocycles. The van der Waals surface area contributed by atoms with Gasteiger partial charge in [0.25, 0.3) is 0 Å². The molecule has 0 saturated carbocycles. The van der Waals surface area contributed by atoms with Crippen LogP contribution in [0.3, 0.4) is 0 Å². The zero-order valence-corrected chi connectivity index (χ0v) is 10.2. The van der Waals surface area contributed by atoms with E-state index >= 15 is 0 Å². The van der Waals surface area contributed by atoms with Crippen LogP contribution >= 0.6 is 0 Å². The Labute approximate surface area is 95.7 Å². The summed E-state index contributed by atoms with van der Waals surface area (Å²) in [5.74, 6) is 0.707. The molecule has 0 spiro atoms. The van der Waals surface area contributed by atoms with Gasteiger partial charge in [0.15, 0.2) is 0 Å². The predicted octanol–water partition coefficient (Wildman–Crippen LogP) is 1.17. The molecule has 1 heterocycles. The van der Waals surface area contributed by atoms with E-state index < -0.39 is 0 Å². The molecule has 1 aromatic heterocycles. The molecule has 1 rings (SSSR count). The first-order chi connectivity index (χ1) is 7.41. The Hall–Kier alpha value is -1.54. The minimum Gasteiger partial charge on any atom is -0.396 e. The molecular formula is C11H18N4O. The molecule has 0 aromatic carbocycles. The van der Waals surface area contributed by atoms with Crippen molar-refractivity contribution in [2.24, 2.45) is 7.05 Å². The lowest BCUT2D eigenvalue weighted by molar-refractivity contribution is 0.260. The summed E-state index contributed by atoms with van der Waals surface area (Å²) in [6, 6.07) is 2.14. The number of rotatable bonds is 4. The van der Waals surface area contributed by atoms with E-state index in [1.54, 1.807) is 11.7 Å². The van der Waals surface area contributed by atoms with E-state index in [1.165, 1.54) is 0 Å². The zero-order chi connectivity index (χ0) is 12.3. The van der Waals surface area contributed by atoms with Gasteiger partial charge in [-0.25, -0.2) is 0 Å². The summed E-state index contributed by atoms with van der Waals surface area (Å²) >= 11 is 0. The van der Waals surface area contributed by atoms with E-state index in [9.17, 15) is 0 Å². The van der Waals surface area contributed by atoms with E-state index in [1.807, 2.05) is 20.8 Å². The third kappa shape index (κ3) is 2.52. The molecular weight excluding hydrogens is 204 g/mol. The second kappa shape index (κ2) is 4.54. The van der Waals surface area contributed by atoms with Crippen LogP contribution in [0.2, 0.25) is 0 Å². The van der Waals surface area contributed by atoms with Crippen molar-refractivity contribution in [2.75, 3.05) is 11.9 Å². The minimum absolute atomic E-state index is 0.110. The maximum atomic E-state index is 9.05. The average Bonchev–Trinajstić information content (AvgIpc) is 2.40. The van der Waals surface area contributed by atoms with Crippen molar-refractivity contribution in [3.8, 4) is 6.07 Å². The van der Waals surface area contributed by atoms with Gasteiger partial charge in [-0.05, 0) is 27.2 Å². The van der Waals surface area contributed by atoms with Crippen molar-refractivity contribution in [2.45, 2.75) is 32.7 Å². The van der Waals surface area contributed by atoms with Crippen LogP contribution < -0.4 is 5.32 Å². The van der Waals surface area contributed by atoms with Gasteiger partial charge in [-0.2, -0.15) is 10.4 Å². The standard InChI is InChI=1S/C11H18N4O/c1-8-9(7-12)10(15(4)14-8)13-11(2,3)5-6-16/h13,16H,5-6H2,1-4H3. The molecule has 16 heavy (non-hydrogen) atoms. The molecule has 88 valence electrons. The fourth-order valence-corrected chi connectivity index (χ4v) is 1.60. The Morgan fingerprint density at radius 2 is 2.19 bits per heavy atom. The second-order valence-electron chi connectivity index (χ2n) is 4.53. The molecule has 1 aromatic rings. The van der Waals surface area contributed by atoms with Crippen LogP contribution in [0.4, 0.5) is 5.82 Å². The number of nitrogens with zero attached hydrogens (tertiary/aromatic N) is 3. The number of aromatic nitrogens is 2. The van der Waals surface area contributed by atoms with E-state index in [0.29, 0.717) is 23.5 Å². The minimum atomic E-state index is -0.263. The third-order valence-electron chi connectivity index (χ3n) is 2.53. The fourth-order valence-electron chi connectivity index (χ4n) is 1.60. The molecule has 0 amide bonds. The van der Waals surface area contributed by atoms with Crippen molar-refractivity contribution in [1.82, 2.24) is 9.78 Å². The number of hydrogen-bond donors (Lipinski definition) is 2. The van der Waals surface area contributed by atoms with Gasteiger partial charge in [0, 0.05) is 19.2 Å². The molecule has 0 fully saturated rings. The molecule has 5 nitrogen and oxygen atoms in total. The first kappa shape index (κ1) is 12.5. The van der Waals surface area contributed by atoms with Crippen molar-refractivity contribution >= 4 is 5.82 Å². The molecule has 0 aliphatic heterocycles. The third-order valence-corrected chi connectivity index (χ3v) is 2.53. The number of nitriles is 1. The van der Waals surface area contributed by atoms with E-state index in [4.69, 9.17) is 10.4 Å². The summed E-state index contributed by atoms with van der Waals surface area (Å²) in [6.45, 7) is 5.88. The van der Waals surface area contributed by atoms with Crippen molar-refractivity contribution in [3.05, 3.63) is 11.3 Å². The van der Waals surface area contributed by atoms with E-state index in [0.717, 1.165) is 0 Å². The summed E-state index contributed by atoms with van der Waals surface area (Å²) in [5, 5.41) is 25.4. The SMILES string of the molecule is Cc1nn(C)c(NC(C)(C)CCO)c1C#N. The maximum Gasteiger partial charge on any atom is 0.142 e. The van der Waals surface area contributed by atoms with Crippen LogP contribution in [0.25, 0.3) is 0 Å². The van der Waals surface area contributed by atoms with Gasteiger partial charge < -0.3 is 10.4 Å². The van der Waals surface area contributed by atoms with Crippen LogP contribution in [-0.2, 0) is 7.05 Å². The fraction of sp³-hybridized carbons (Fsp3) is 0.636. The number of aliphatic hydroxyl groups is 1. The molecule has 0 aliphatic rings. The van der Waals surface area contributed by atoms with E-state index in [-0.39, 0.29) is 12.1 Å². The predicted molar refractivity (Wildman–Crippen MR) is 62.1 cm³/mol. The highest BCUT2D eigenvalue weighted by atomic mass is 16.3. The lowest BCUT2D eigenvalue weighted by Crippen LogP contribution is -2.33.